The van der Waals surface area contributed by atoms with E-state index in [-0.39, 0.29) is 10.2 Å². The lowest BCUT2D eigenvalue weighted by atomic mass is 10.3. The molecule has 10 heavy (non-hydrogen) atoms. The second kappa shape index (κ2) is 2.58. The molecule has 0 bridgehead atoms. The number of hydrogen-bond donors (Lipinski definition) is 1. The molecule has 4 heteroatoms. The van der Waals surface area contributed by atoms with Gasteiger partial charge < -0.3 is 4.98 Å². The SMILES string of the molecule is N#Cc1c[nH]c(=S)cc1F. The lowest BCUT2D eigenvalue weighted by molar-refractivity contribution is 0.620. The molecule has 1 heterocycles. The zero-order chi connectivity index (χ0) is 7.56. The number of hydrogen-bond acceptors (Lipinski definition) is 2. The first-order valence-electron chi connectivity index (χ1n) is 2.52. The maximum absolute atomic E-state index is 12.5. The fraction of sp³-hybridized carbons (Fsp3) is 0. The Bertz CT molecular complexity index is 336. The Hall–Kier alpha value is -1.21. The third-order valence-corrected chi connectivity index (χ3v) is 1.23. The average Bonchev–Trinajstić information content (AvgIpc) is 1.88. The van der Waals surface area contributed by atoms with Crippen LogP contribution in [0.25, 0.3) is 0 Å². The summed E-state index contributed by atoms with van der Waals surface area (Å²) in [6.45, 7) is 0. The lowest BCUT2D eigenvalue weighted by Crippen LogP contribution is -1.84. The van der Waals surface area contributed by atoms with E-state index in [4.69, 9.17) is 5.26 Å². The highest BCUT2D eigenvalue weighted by atomic mass is 32.1. The monoisotopic (exact) mass is 154 g/mol. The summed E-state index contributed by atoms with van der Waals surface area (Å²) in [5, 5.41) is 8.27. The predicted octanol–water partition coefficient (Wildman–Crippen LogP) is 1.75. The molecule has 0 atom stereocenters. The number of aromatic nitrogens is 1. The van der Waals surface area contributed by atoms with Crippen molar-refractivity contribution in [3.63, 3.8) is 0 Å². The van der Waals surface area contributed by atoms with Gasteiger partial charge in [0.05, 0.1) is 0 Å². The van der Waals surface area contributed by atoms with Gasteiger partial charge in [0.1, 0.15) is 22.1 Å². The lowest BCUT2D eigenvalue weighted by Gasteiger charge is -1.89. The van der Waals surface area contributed by atoms with Crippen LogP contribution in [0.1, 0.15) is 5.56 Å². The number of rotatable bonds is 0. The molecule has 0 unspecified atom stereocenters. The van der Waals surface area contributed by atoms with Crippen molar-refractivity contribution in [3.05, 3.63) is 28.3 Å². The van der Waals surface area contributed by atoms with Crippen LogP contribution in [0.2, 0.25) is 0 Å². The average molecular weight is 154 g/mol. The number of aromatic amines is 1. The Balaban J connectivity index is 3.37. The molecular weight excluding hydrogens is 151 g/mol. The molecule has 0 fully saturated rings. The first-order chi connectivity index (χ1) is 4.74. The maximum atomic E-state index is 12.5. The van der Waals surface area contributed by atoms with Gasteiger partial charge in [-0.1, -0.05) is 12.2 Å². The smallest absolute Gasteiger partial charge is 0.145 e. The van der Waals surface area contributed by atoms with Crippen LogP contribution in [0.15, 0.2) is 12.3 Å². The number of pyridine rings is 1. The van der Waals surface area contributed by atoms with E-state index in [1.165, 1.54) is 6.20 Å². The standard InChI is InChI=1S/C6H3FN2S/c7-5-1-6(10)9-3-4(5)2-8/h1,3H,(H,9,10). The second-order valence-corrected chi connectivity index (χ2v) is 2.11. The topological polar surface area (TPSA) is 39.6 Å². The van der Waals surface area contributed by atoms with Crippen LogP contribution in [-0.2, 0) is 0 Å². The van der Waals surface area contributed by atoms with E-state index in [0.29, 0.717) is 0 Å². The normalized spacial score (nSPS) is 8.80. The van der Waals surface area contributed by atoms with Crippen molar-refractivity contribution in [2.24, 2.45) is 0 Å². The molecule has 0 aliphatic heterocycles. The van der Waals surface area contributed by atoms with Gasteiger partial charge in [-0.15, -0.1) is 0 Å². The van der Waals surface area contributed by atoms with E-state index in [1.54, 1.807) is 6.07 Å². The molecule has 50 valence electrons. The van der Waals surface area contributed by atoms with Gasteiger partial charge in [-0.3, -0.25) is 0 Å². The van der Waals surface area contributed by atoms with E-state index in [2.05, 4.69) is 17.2 Å². The number of H-pyrrole nitrogens is 1. The Morgan fingerprint density at radius 1 is 1.70 bits per heavy atom. The van der Waals surface area contributed by atoms with E-state index in [0.717, 1.165) is 6.07 Å². The summed E-state index contributed by atoms with van der Waals surface area (Å²) < 4.78 is 12.8. The molecule has 1 rings (SSSR count). The van der Waals surface area contributed by atoms with Gasteiger partial charge in [0.2, 0.25) is 0 Å². The van der Waals surface area contributed by atoms with E-state index in [1.807, 2.05) is 0 Å². The molecule has 1 N–H and O–H groups in total. The molecule has 0 amide bonds. The van der Waals surface area contributed by atoms with Crippen molar-refractivity contribution in [1.29, 1.82) is 5.26 Å². The molecule has 0 aromatic carbocycles. The maximum Gasteiger partial charge on any atom is 0.145 e. The fourth-order valence-corrected chi connectivity index (χ4v) is 0.695. The molecule has 0 saturated carbocycles. The third kappa shape index (κ3) is 1.20. The van der Waals surface area contributed by atoms with E-state index >= 15 is 0 Å². The number of nitriles is 1. The minimum Gasteiger partial charge on any atom is -0.351 e. The summed E-state index contributed by atoms with van der Waals surface area (Å²) in [6.07, 6.45) is 1.25. The Morgan fingerprint density at radius 3 is 2.90 bits per heavy atom. The summed E-state index contributed by atoms with van der Waals surface area (Å²) in [6, 6.07) is 2.77. The molecule has 1 aromatic rings. The van der Waals surface area contributed by atoms with Gasteiger partial charge in [-0.25, -0.2) is 4.39 Å². The Morgan fingerprint density at radius 2 is 2.40 bits per heavy atom. The zero-order valence-corrected chi connectivity index (χ0v) is 5.70. The van der Waals surface area contributed by atoms with Crippen molar-refractivity contribution < 1.29 is 4.39 Å². The van der Waals surface area contributed by atoms with Gasteiger partial charge in [0.15, 0.2) is 0 Å². The first kappa shape index (κ1) is 6.90. The molecule has 0 aliphatic carbocycles. The zero-order valence-electron chi connectivity index (χ0n) is 4.89. The summed E-state index contributed by atoms with van der Waals surface area (Å²) in [5.74, 6) is -0.578. The molecule has 0 spiro atoms. The number of halogens is 1. The second-order valence-electron chi connectivity index (χ2n) is 1.67. The fourth-order valence-electron chi connectivity index (χ4n) is 0.532. The van der Waals surface area contributed by atoms with Crippen LogP contribution < -0.4 is 0 Å². The van der Waals surface area contributed by atoms with Gasteiger partial charge in [0, 0.05) is 12.3 Å². The highest BCUT2D eigenvalue weighted by Crippen LogP contribution is 2.02. The third-order valence-electron chi connectivity index (χ3n) is 0.994. The van der Waals surface area contributed by atoms with Crippen LogP contribution in [0.5, 0.6) is 0 Å². The highest BCUT2D eigenvalue weighted by Gasteiger charge is 1.97. The first-order valence-corrected chi connectivity index (χ1v) is 2.93. The molecule has 0 saturated heterocycles. The van der Waals surface area contributed by atoms with Crippen LogP contribution in [0, 0.1) is 21.8 Å². The quantitative estimate of drug-likeness (QED) is 0.578. The summed E-state index contributed by atoms with van der Waals surface area (Å²) in [4.78, 5) is 2.54. The van der Waals surface area contributed by atoms with Crippen molar-refractivity contribution in [2.75, 3.05) is 0 Å². The molecular formula is C6H3FN2S. The summed E-state index contributed by atoms with van der Waals surface area (Å²) in [5.41, 5.74) is -0.0198. The van der Waals surface area contributed by atoms with Crippen LogP contribution >= 0.6 is 12.2 Å². The van der Waals surface area contributed by atoms with Crippen molar-refractivity contribution in [3.8, 4) is 6.07 Å². The van der Waals surface area contributed by atoms with Gasteiger partial charge in [-0.05, 0) is 0 Å². The summed E-state index contributed by atoms with van der Waals surface area (Å²) >= 11 is 4.60. The van der Waals surface area contributed by atoms with E-state index in [9.17, 15) is 4.39 Å². The minimum absolute atomic E-state index is 0.0198. The molecule has 0 aliphatic rings. The molecule has 1 aromatic heterocycles. The Labute approximate surface area is 61.9 Å². The van der Waals surface area contributed by atoms with Crippen molar-refractivity contribution in [1.82, 2.24) is 4.98 Å². The Kier molecular flexibility index (Phi) is 1.78. The molecule has 2 nitrogen and oxygen atoms in total. The van der Waals surface area contributed by atoms with Crippen LogP contribution in [-0.4, -0.2) is 4.98 Å². The highest BCUT2D eigenvalue weighted by molar-refractivity contribution is 7.71. The largest absolute Gasteiger partial charge is 0.351 e. The predicted molar refractivity (Wildman–Crippen MR) is 36.3 cm³/mol. The van der Waals surface area contributed by atoms with Gasteiger partial charge in [-0.2, -0.15) is 5.26 Å². The number of nitrogens with zero attached hydrogens (tertiary/aromatic N) is 1. The van der Waals surface area contributed by atoms with Crippen LogP contribution in [0.4, 0.5) is 4.39 Å². The van der Waals surface area contributed by atoms with E-state index < -0.39 is 5.82 Å². The molecule has 0 radical (unpaired) electrons. The van der Waals surface area contributed by atoms with Crippen molar-refractivity contribution >= 4 is 12.2 Å². The van der Waals surface area contributed by atoms with Gasteiger partial charge >= 0.3 is 0 Å². The van der Waals surface area contributed by atoms with Crippen molar-refractivity contribution in [2.45, 2.75) is 0 Å². The minimum atomic E-state index is -0.578. The summed E-state index contributed by atoms with van der Waals surface area (Å²) in [7, 11) is 0. The number of nitrogens with one attached hydrogen (secondary N) is 1. The van der Waals surface area contributed by atoms with Gasteiger partial charge in [0.25, 0.3) is 0 Å². The van der Waals surface area contributed by atoms with Crippen LogP contribution in [0.3, 0.4) is 0 Å².